The number of halogens is 1. The second-order valence-electron chi connectivity index (χ2n) is 5.44. The number of aromatic nitrogens is 2. The fourth-order valence-corrected chi connectivity index (χ4v) is 3.41. The average Bonchev–Trinajstić information content (AvgIpc) is 2.68. The molecule has 0 atom stereocenters. The summed E-state index contributed by atoms with van der Waals surface area (Å²) >= 11 is 8.08. The first-order chi connectivity index (χ1) is 9.97. The second kappa shape index (κ2) is 7.34. The molecule has 0 fully saturated rings. The van der Waals surface area contributed by atoms with Crippen molar-refractivity contribution in [1.29, 1.82) is 0 Å². The van der Waals surface area contributed by atoms with Crippen LogP contribution in [-0.2, 0) is 19.3 Å². The Morgan fingerprint density at radius 2 is 2.14 bits per heavy atom. The van der Waals surface area contributed by atoms with Gasteiger partial charge in [0.25, 0.3) is 0 Å². The molecule has 1 N–H and O–H groups in total. The smallest absolute Gasteiger partial charge is 0.0855 e. The Morgan fingerprint density at radius 1 is 1.38 bits per heavy atom. The van der Waals surface area contributed by atoms with Crippen LogP contribution in [0.25, 0.3) is 0 Å². The van der Waals surface area contributed by atoms with Crippen LogP contribution in [0.3, 0.4) is 0 Å². The van der Waals surface area contributed by atoms with Crippen LogP contribution < -0.4 is 5.32 Å². The van der Waals surface area contributed by atoms with Crippen LogP contribution in [0.5, 0.6) is 0 Å². The third-order valence-electron chi connectivity index (χ3n) is 3.25. The number of nitrogens with one attached hydrogen (secondary N) is 1. The van der Waals surface area contributed by atoms with E-state index in [0.717, 1.165) is 28.7 Å². The van der Waals surface area contributed by atoms with E-state index in [0.29, 0.717) is 6.04 Å². The standard InChI is InChI=1S/C16H22ClN3S/c1-11(2)18-9-13-6-5-7-14(8-13)21-10-15-16(17)12(3)19-20(15)4/h5-8,11,18H,9-10H2,1-4H3. The average molecular weight is 324 g/mol. The normalized spacial score (nSPS) is 11.3. The van der Waals surface area contributed by atoms with Gasteiger partial charge in [-0.1, -0.05) is 37.6 Å². The van der Waals surface area contributed by atoms with Gasteiger partial charge >= 0.3 is 0 Å². The van der Waals surface area contributed by atoms with Crippen LogP contribution >= 0.6 is 23.4 Å². The Bertz CT molecular complexity index is 608. The van der Waals surface area contributed by atoms with Gasteiger partial charge in [-0.3, -0.25) is 4.68 Å². The number of rotatable bonds is 6. The van der Waals surface area contributed by atoms with Gasteiger partial charge in [0.15, 0.2) is 0 Å². The zero-order chi connectivity index (χ0) is 15.4. The molecule has 0 aliphatic heterocycles. The number of hydrogen-bond acceptors (Lipinski definition) is 3. The molecule has 0 amide bonds. The minimum Gasteiger partial charge on any atom is -0.310 e. The first-order valence-electron chi connectivity index (χ1n) is 7.10. The highest BCUT2D eigenvalue weighted by Crippen LogP contribution is 2.28. The van der Waals surface area contributed by atoms with Gasteiger partial charge < -0.3 is 5.32 Å². The number of aryl methyl sites for hydroxylation is 2. The first kappa shape index (κ1) is 16.4. The van der Waals surface area contributed by atoms with E-state index < -0.39 is 0 Å². The highest BCUT2D eigenvalue weighted by Gasteiger charge is 2.11. The van der Waals surface area contributed by atoms with Crippen LogP contribution in [0, 0.1) is 6.92 Å². The summed E-state index contributed by atoms with van der Waals surface area (Å²) in [5.41, 5.74) is 3.27. The molecule has 1 aromatic heterocycles. The van der Waals surface area contributed by atoms with E-state index in [1.54, 1.807) is 11.8 Å². The van der Waals surface area contributed by atoms with Crippen LogP contribution in [0.4, 0.5) is 0 Å². The molecule has 0 spiro atoms. The summed E-state index contributed by atoms with van der Waals surface area (Å²) in [7, 11) is 1.94. The second-order valence-corrected chi connectivity index (χ2v) is 6.87. The Morgan fingerprint density at radius 3 is 2.76 bits per heavy atom. The monoisotopic (exact) mass is 323 g/mol. The zero-order valence-electron chi connectivity index (χ0n) is 13.0. The van der Waals surface area contributed by atoms with Crippen molar-refractivity contribution in [1.82, 2.24) is 15.1 Å². The van der Waals surface area contributed by atoms with Gasteiger partial charge in [-0.25, -0.2) is 0 Å². The topological polar surface area (TPSA) is 29.9 Å². The summed E-state index contributed by atoms with van der Waals surface area (Å²) in [4.78, 5) is 1.26. The summed E-state index contributed by atoms with van der Waals surface area (Å²) in [6, 6.07) is 9.13. The molecule has 0 saturated heterocycles. The predicted molar refractivity (Wildman–Crippen MR) is 90.9 cm³/mol. The fourth-order valence-electron chi connectivity index (χ4n) is 2.06. The van der Waals surface area contributed by atoms with Crippen molar-refractivity contribution in [2.24, 2.45) is 7.05 Å². The first-order valence-corrected chi connectivity index (χ1v) is 8.47. The fraction of sp³-hybridized carbons (Fsp3) is 0.438. The minimum absolute atomic E-state index is 0.498. The van der Waals surface area contributed by atoms with Crippen molar-refractivity contribution in [3.63, 3.8) is 0 Å². The summed E-state index contributed by atoms with van der Waals surface area (Å²) in [6.07, 6.45) is 0. The van der Waals surface area contributed by atoms with Crippen LogP contribution in [0.1, 0.15) is 30.8 Å². The molecule has 114 valence electrons. The summed E-state index contributed by atoms with van der Waals surface area (Å²) in [6.45, 7) is 7.16. The van der Waals surface area contributed by atoms with E-state index in [-0.39, 0.29) is 0 Å². The van der Waals surface area contributed by atoms with Crippen molar-refractivity contribution in [3.8, 4) is 0 Å². The molecule has 2 rings (SSSR count). The number of hydrogen-bond donors (Lipinski definition) is 1. The zero-order valence-corrected chi connectivity index (χ0v) is 14.6. The lowest BCUT2D eigenvalue weighted by atomic mass is 10.2. The molecule has 0 saturated carbocycles. The van der Waals surface area contributed by atoms with Crippen molar-refractivity contribution in [2.75, 3.05) is 0 Å². The van der Waals surface area contributed by atoms with E-state index in [4.69, 9.17) is 11.6 Å². The SMILES string of the molecule is Cc1nn(C)c(CSc2cccc(CNC(C)C)c2)c1Cl. The lowest BCUT2D eigenvalue weighted by Crippen LogP contribution is -2.21. The van der Waals surface area contributed by atoms with E-state index in [9.17, 15) is 0 Å². The van der Waals surface area contributed by atoms with Gasteiger partial charge in [0, 0.05) is 30.3 Å². The number of benzene rings is 1. The molecule has 0 unspecified atom stereocenters. The highest BCUT2D eigenvalue weighted by atomic mass is 35.5. The quantitative estimate of drug-likeness (QED) is 0.809. The Hall–Kier alpha value is -0.970. The largest absolute Gasteiger partial charge is 0.310 e. The van der Waals surface area contributed by atoms with Crippen LogP contribution in [0.2, 0.25) is 5.02 Å². The molecule has 5 heteroatoms. The molecule has 0 radical (unpaired) electrons. The van der Waals surface area contributed by atoms with Crippen LogP contribution in [-0.4, -0.2) is 15.8 Å². The number of nitrogens with zero attached hydrogens (tertiary/aromatic N) is 2. The van der Waals surface area contributed by atoms with Gasteiger partial charge in [0.05, 0.1) is 16.4 Å². The summed E-state index contributed by atoms with van der Waals surface area (Å²) < 4.78 is 1.87. The van der Waals surface area contributed by atoms with Gasteiger partial charge in [-0.2, -0.15) is 5.10 Å². The molecule has 2 aromatic rings. The third kappa shape index (κ3) is 4.50. The molecular weight excluding hydrogens is 302 g/mol. The van der Waals surface area contributed by atoms with Crippen LogP contribution in [0.15, 0.2) is 29.2 Å². The highest BCUT2D eigenvalue weighted by molar-refractivity contribution is 7.98. The lowest BCUT2D eigenvalue weighted by Gasteiger charge is -2.09. The van der Waals surface area contributed by atoms with Gasteiger partial charge in [-0.05, 0) is 24.6 Å². The van der Waals surface area contributed by atoms with Crippen molar-refractivity contribution < 1.29 is 0 Å². The maximum Gasteiger partial charge on any atom is 0.0855 e. The molecule has 1 aromatic carbocycles. The molecule has 0 bridgehead atoms. The van der Waals surface area contributed by atoms with Gasteiger partial charge in [0.1, 0.15) is 0 Å². The Labute approximate surface area is 136 Å². The minimum atomic E-state index is 0.498. The van der Waals surface area contributed by atoms with E-state index in [2.05, 4.69) is 48.5 Å². The molecule has 0 aliphatic rings. The Balaban J connectivity index is 2.01. The van der Waals surface area contributed by atoms with E-state index >= 15 is 0 Å². The van der Waals surface area contributed by atoms with Gasteiger partial charge in [-0.15, -0.1) is 11.8 Å². The molecule has 3 nitrogen and oxygen atoms in total. The number of thioether (sulfide) groups is 1. The molecule has 21 heavy (non-hydrogen) atoms. The van der Waals surface area contributed by atoms with Crippen molar-refractivity contribution >= 4 is 23.4 Å². The van der Waals surface area contributed by atoms with Gasteiger partial charge in [0.2, 0.25) is 0 Å². The lowest BCUT2D eigenvalue weighted by molar-refractivity contribution is 0.588. The summed E-state index contributed by atoms with van der Waals surface area (Å²) in [5.74, 6) is 0.831. The Kier molecular flexibility index (Phi) is 5.73. The van der Waals surface area contributed by atoms with Crippen molar-refractivity contribution in [3.05, 3.63) is 46.2 Å². The molecular formula is C16H22ClN3S. The maximum absolute atomic E-state index is 6.29. The van der Waals surface area contributed by atoms with E-state index in [1.807, 2.05) is 18.7 Å². The molecule has 0 aliphatic carbocycles. The molecule has 1 heterocycles. The third-order valence-corrected chi connectivity index (χ3v) is 4.75. The predicted octanol–water partition coefficient (Wildman–Crippen LogP) is 4.17. The summed E-state index contributed by atoms with van der Waals surface area (Å²) in [5, 5.41) is 8.57. The van der Waals surface area contributed by atoms with E-state index in [1.165, 1.54) is 10.5 Å². The maximum atomic E-state index is 6.29. The van der Waals surface area contributed by atoms with Crippen molar-refractivity contribution in [2.45, 2.75) is 44.0 Å².